The predicted octanol–water partition coefficient (Wildman–Crippen LogP) is 4.53. The minimum absolute atomic E-state index is 0.139. The molecule has 0 saturated carbocycles. The highest BCUT2D eigenvalue weighted by molar-refractivity contribution is 6.42. The van der Waals surface area contributed by atoms with Crippen LogP contribution in [0, 0.1) is 5.82 Å². The zero-order chi connectivity index (χ0) is 15.0. The monoisotopic (exact) mass is 324 g/mol. The van der Waals surface area contributed by atoms with Crippen molar-refractivity contribution >= 4 is 45.9 Å². The highest BCUT2D eigenvalue weighted by Gasteiger charge is 2.14. The molecule has 0 atom stereocenters. The Hall–Kier alpha value is -2.11. The number of carbonyl (C=O) groups is 1. The van der Waals surface area contributed by atoms with Gasteiger partial charge in [0.2, 0.25) is 0 Å². The lowest BCUT2D eigenvalue weighted by Crippen LogP contribution is -2.12. The number of rotatable bonds is 2. The van der Waals surface area contributed by atoms with E-state index in [1.54, 1.807) is 0 Å². The van der Waals surface area contributed by atoms with Crippen LogP contribution in [-0.2, 0) is 0 Å². The molecule has 7 heteroatoms. The van der Waals surface area contributed by atoms with Crippen LogP contribution in [0.5, 0.6) is 0 Å². The highest BCUT2D eigenvalue weighted by Crippen LogP contribution is 2.26. The highest BCUT2D eigenvalue weighted by atomic mass is 35.5. The van der Waals surface area contributed by atoms with Crippen molar-refractivity contribution in [3.8, 4) is 0 Å². The quantitative estimate of drug-likeness (QED) is 0.753. The average molecular weight is 325 g/mol. The van der Waals surface area contributed by atoms with Crippen LogP contribution in [0.15, 0.2) is 40.9 Å². The summed E-state index contributed by atoms with van der Waals surface area (Å²) in [6, 6.07) is 8.38. The summed E-state index contributed by atoms with van der Waals surface area (Å²) in [5.74, 6) is -0.760. The third-order valence-electron chi connectivity index (χ3n) is 2.85. The minimum Gasteiger partial charge on any atom is -0.354 e. The third kappa shape index (κ3) is 2.70. The standard InChI is InChI=1S/C14H7Cl2FN2O2/c15-10-3-1-7(5-11(10)16)14(20)18-13-9-6-8(17)2-4-12(9)21-19-13/h1-6H,(H,18,19,20). The van der Waals surface area contributed by atoms with Gasteiger partial charge in [0.05, 0.1) is 15.4 Å². The summed E-state index contributed by atoms with van der Waals surface area (Å²) in [4.78, 5) is 12.1. The Morgan fingerprint density at radius 3 is 2.71 bits per heavy atom. The minimum atomic E-state index is -0.451. The summed E-state index contributed by atoms with van der Waals surface area (Å²) in [6.07, 6.45) is 0. The Kier molecular flexibility index (Phi) is 3.53. The lowest BCUT2D eigenvalue weighted by molar-refractivity contribution is 0.102. The second-order valence-electron chi connectivity index (χ2n) is 4.25. The van der Waals surface area contributed by atoms with E-state index in [0.717, 1.165) is 0 Å². The van der Waals surface area contributed by atoms with Crippen molar-refractivity contribution in [2.24, 2.45) is 0 Å². The molecule has 0 aliphatic carbocycles. The number of aromatic nitrogens is 1. The van der Waals surface area contributed by atoms with Gasteiger partial charge in [-0.05, 0) is 36.4 Å². The molecule has 21 heavy (non-hydrogen) atoms. The molecule has 0 bridgehead atoms. The fourth-order valence-electron chi connectivity index (χ4n) is 1.82. The summed E-state index contributed by atoms with van der Waals surface area (Å²) >= 11 is 11.7. The smallest absolute Gasteiger partial charge is 0.256 e. The molecule has 0 unspecified atom stereocenters. The van der Waals surface area contributed by atoms with E-state index in [1.165, 1.54) is 36.4 Å². The van der Waals surface area contributed by atoms with Gasteiger partial charge in [-0.15, -0.1) is 0 Å². The first-order chi connectivity index (χ1) is 10.0. The Morgan fingerprint density at radius 1 is 1.14 bits per heavy atom. The molecule has 0 fully saturated rings. The predicted molar refractivity (Wildman–Crippen MR) is 78.4 cm³/mol. The van der Waals surface area contributed by atoms with Gasteiger partial charge in [0.1, 0.15) is 5.82 Å². The fourth-order valence-corrected chi connectivity index (χ4v) is 2.12. The van der Waals surface area contributed by atoms with Crippen LogP contribution in [0.1, 0.15) is 10.4 Å². The van der Waals surface area contributed by atoms with Crippen molar-refractivity contribution in [1.82, 2.24) is 5.16 Å². The Balaban J connectivity index is 1.92. The molecule has 106 valence electrons. The first-order valence-corrected chi connectivity index (χ1v) is 6.61. The van der Waals surface area contributed by atoms with Gasteiger partial charge >= 0.3 is 0 Å². The third-order valence-corrected chi connectivity index (χ3v) is 3.58. The van der Waals surface area contributed by atoms with Gasteiger partial charge in [-0.1, -0.05) is 28.4 Å². The number of nitrogens with one attached hydrogen (secondary N) is 1. The van der Waals surface area contributed by atoms with Crippen molar-refractivity contribution < 1.29 is 13.7 Å². The van der Waals surface area contributed by atoms with Crippen LogP contribution in [0.3, 0.4) is 0 Å². The van der Waals surface area contributed by atoms with Crippen molar-refractivity contribution in [3.63, 3.8) is 0 Å². The lowest BCUT2D eigenvalue weighted by Gasteiger charge is -2.03. The molecule has 3 aromatic rings. The van der Waals surface area contributed by atoms with Crippen molar-refractivity contribution in [1.29, 1.82) is 0 Å². The molecule has 1 amide bonds. The van der Waals surface area contributed by atoms with Crippen LogP contribution in [-0.4, -0.2) is 11.1 Å². The molecule has 0 aliphatic heterocycles. The van der Waals surface area contributed by atoms with E-state index in [4.69, 9.17) is 27.7 Å². The van der Waals surface area contributed by atoms with Crippen LogP contribution in [0.4, 0.5) is 10.2 Å². The van der Waals surface area contributed by atoms with E-state index in [0.29, 0.717) is 21.6 Å². The molecule has 3 rings (SSSR count). The molecule has 1 heterocycles. The van der Waals surface area contributed by atoms with Crippen LogP contribution in [0.2, 0.25) is 10.0 Å². The molecule has 1 N–H and O–H groups in total. The van der Waals surface area contributed by atoms with E-state index in [9.17, 15) is 9.18 Å². The van der Waals surface area contributed by atoms with Gasteiger partial charge in [-0.25, -0.2) is 4.39 Å². The Morgan fingerprint density at radius 2 is 1.95 bits per heavy atom. The first-order valence-electron chi connectivity index (χ1n) is 5.86. The van der Waals surface area contributed by atoms with Gasteiger partial charge in [0, 0.05) is 5.56 Å². The molecule has 4 nitrogen and oxygen atoms in total. The fraction of sp³-hybridized carbons (Fsp3) is 0. The number of benzene rings is 2. The summed E-state index contributed by atoms with van der Waals surface area (Å²) in [6.45, 7) is 0. The summed E-state index contributed by atoms with van der Waals surface area (Å²) < 4.78 is 18.2. The number of hydrogen-bond donors (Lipinski definition) is 1. The normalized spacial score (nSPS) is 10.8. The zero-order valence-corrected chi connectivity index (χ0v) is 11.9. The number of anilines is 1. The van der Waals surface area contributed by atoms with Gasteiger partial charge in [-0.2, -0.15) is 0 Å². The van der Waals surface area contributed by atoms with Gasteiger partial charge in [0.15, 0.2) is 11.4 Å². The maximum atomic E-state index is 13.2. The number of fused-ring (bicyclic) bond motifs is 1. The number of nitrogens with zero attached hydrogens (tertiary/aromatic N) is 1. The van der Waals surface area contributed by atoms with Gasteiger partial charge in [-0.3, -0.25) is 4.79 Å². The van der Waals surface area contributed by atoms with Crippen molar-refractivity contribution in [2.45, 2.75) is 0 Å². The molecule has 0 spiro atoms. The Labute approximate surface area is 128 Å². The summed E-state index contributed by atoms with van der Waals surface area (Å²) in [5.41, 5.74) is 0.679. The first kappa shape index (κ1) is 13.9. The van der Waals surface area contributed by atoms with Gasteiger partial charge in [0.25, 0.3) is 5.91 Å². The molecule has 0 radical (unpaired) electrons. The number of carbonyl (C=O) groups excluding carboxylic acids is 1. The van der Waals surface area contributed by atoms with E-state index in [1.807, 2.05) is 0 Å². The maximum absolute atomic E-state index is 13.2. The number of halogens is 3. The maximum Gasteiger partial charge on any atom is 0.256 e. The molecule has 1 aromatic heterocycles. The number of amides is 1. The lowest BCUT2D eigenvalue weighted by atomic mass is 10.2. The van der Waals surface area contributed by atoms with E-state index < -0.39 is 11.7 Å². The average Bonchev–Trinajstić information content (AvgIpc) is 2.84. The topological polar surface area (TPSA) is 55.1 Å². The molecular weight excluding hydrogens is 318 g/mol. The van der Waals surface area contributed by atoms with Crippen LogP contribution >= 0.6 is 23.2 Å². The Bertz CT molecular complexity index is 848. The second kappa shape index (κ2) is 5.35. The molecule has 0 saturated heterocycles. The van der Waals surface area contributed by atoms with Gasteiger partial charge < -0.3 is 9.84 Å². The molecule has 2 aromatic carbocycles. The molecular formula is C14H7Cl2FN2O2. The number of hydrogen-bond acceptors (Lipinski definition) is 3. The van der Waals surface area contributed by atoms with E-state index in [2.05, 4.69) is 10.5 Å². The van der Waals surface area contributed by atoms with Crippen molar-refractivity contribution in [3.05, 3.63) is 57.8 Å². The summed E-state index contributed by atoms with van der Waals surface area (Å²) in [7, 11) is 0. The largest absolute Gasteiger partial charge is 0.354 e. The van der Waals surface area contributed by atoms with E-state index in [-0.39, 0.29) is 10.8 Å². The molecule has 0 aliphatic rings. The van der Waals surface area contributed by atoms with E-state index >= 15 is 0 Å². The second-order valence-corrected chi connectivity index (χ2v) is 5.07. The zero-order valence-electron chi connectivity index (χ0n) is 10.4. The van der Waals surface area contributed by atoms with Crippen LogP contribution in [0.25, 0.3) is 11.0 Å². The summed E-state index contributed by atoms with van der Waals surface area (Å²) in [5, 5.41) is 7.24. The van der Waals surface area contributed by atoms with Crippen molar-refractivity contribution in [2.75, 3.05) is 5.32 Å². The SMILES string of the molecule is O=C(Nc1noc2ccc(F)cc12)c1ccc(Cl)c(Cl)c1. The van der Waals surface area contributed by atoms with Crippen LogP contribution < -0.4 is 5.32 Å².